The fourth-order valence-electron chi connectivity index (χ4n) is 2.10. The summed E-state index contributed by atoms with van der Waals surface area (Å²) < 4.78 is 20.8. The number of rotatable bonds is 3. The number of benzene rings is 2. The number of aryl methyl sites for hydroxylation is 1. The highest BCUT2D eigenvalue weighted by Gasteiger charge is 2.09. The number of fused-ring (bicyclic) bond motifs is 1. The minimum Gasteiger partial charge on any atom is -0.484 e. The van der Waals surface area contributed by atoms with Crippen molar-refractivity contribution < 1.29 is 9.13 Å². The standard InChI is InChI=1S/C15H13FN2O/c1-18-14-8-4-2-6-11(14)13(17-18)10-19-15-9-5-3-7-12(15)16/h2-9H,10H2,1H3. The van der Waals surface area contributed by atoms with Crippen LogP contribution >= 0.6 is 0 Å². The van der Waals surface area contributed by atoms with Crippen LogP contribution in [0.3, 0.4) is 0 Å². The predicted octanol–water partition coefficient (Wildman–Crippen LogP) is 3.29. The van der Waals surface area contributed by atoms with Gasteiger partial charge in [-0.05, 0) is 18.2 Å². The average molecular weight is 256 g/mol. The molecule has 0 bridgehead atoms. The number of nitrogens with zero attached hydrogens (tertiary/aromatic N) is 2. The molecule has 3 aromatic rings. The van der Waals surface area contributed by atoms with E-state index in [0.717, 1.165) is 16.6 Å². The van der Waals surface area contributed by atoms with Crippen LogP contribution in [0.25, 0.3) is 10.9 Å². The maximum atomic E-state index is 13.5. The SMILES string of the molecule is Cn1nc(COc2ccccc2F)c2ccccc21. The molecule has 96 valence electrons. The number of halogens is 1. The van der Waals surface area contributed by atoms with Crippen molar-refractivity contribution >= 4 is 10.9 Å². The summed E-state index contributed by atoms with van der Waals surface area (Å²) in [5.41, 5.74) is 1.84. The van der Waals surface area contributed by atoms with Gasteiger partial charge in [0.15, 0.2) is 11.6 Å². The largest absolute Gasteiger partial charge is 0.484 e. The van der Waals surface area contributed by atoms with Gasteiger partial charge in [-0.3, -0.25) is 4.68 Å². The zero-order valence-corrected chi connectivity index (χ0v) is 10.5. The Hall–Kier alpha value is -2.36. The van der Waals surface area contributed by atoms with Gasteiger partial charge in [-0.2, -0.15) is 5.10 Å². The van der Waals surface area contributed by atoms with E-state index in [0.29, 0.717) is 0 Å². The number of ether oxygens (including phenoxy) is 1. The van der Waals surface area contributed by atoms with Gasteiger partial charge in [0.05, 0.1) is 5.52 Å². The highest BCUT2D eigenvalue weighted by atomic mass is 19.1. The van der Waals surface area contributed by atoms with E-state index in [9.17, 15) is 4.39 Å². The summed E-state index contributed by atoms with van der Waals surface area (Å²) in [6, 6.07) is 14.3. The summed E-state index contributed by atoms with van der Waals surface area (Å²) in [5, 5.41) is 5.43. The molecule has 1 aromatic heterocycles. The molecule has 3 rings (SSSR count). The molecule has 0 fully saturated rings. The molecule has 0 N–H and O–H groups in total. The zero-order valence-electron chi connectivity index (χ0n) is 10.5. The van der Waals surface area contributed by atoms with Crippen molar-refractivity contribution in [2.75, 3.05) is 0 Å². The molecule has 1 heterocycles. The van der Waals surface area contributed by atoms with Crippen LogP contribution in [-0.2, 0) is 13.7 Å². The second-order valence-electron chi connectivity index (χ2n) is 4.31. The maximum absolute atomic E-state index is 13.5. The summed E-state index contributed by atoms with van der Waals surface area (Å²) in [5.74, 6) is -0.111. The van der Waals surface area contributed by atoms with E-state index < -0.39 is 0 Å². The van der Waals surface area contributed by atoms with Gasteiger partial charge >= 0.3 is 0 Å². The molecule has 0 aliphatic carbocycles. The molecule has 0 saturated carbocycles. The Morgan fingerprint density at radius 2 is 1.84 bits per heavy atom. The van der Waals surface area contributed by atoms with E-state index >= 15 is 0 Å². The zero-order chi connectivity index (χ0) is 13.2. The molecule has 19 heavy (non-hydrogen) atoms. The van der Waals surface area contributed by atoms with Crippen LogP contribution in [0.5, 0.6) is 5.75 Å². The Balaban J connectivity index is 1.88. The summed E-state index contributed by atoms with van der Waals surface area (Å²) in [6.07, 6.45) is 0. The van der Waals surface area contributed by atoms with Crippen LogP contribution in [0, 0.1) is 5.82 Å². The van der Waals surface area contributed by atoms with Gasteiger partial charge < -0.3 is 4.74 Å². The molecular formula is C15H13FN2O. The second-order valence-corrected chi connectivity index (χ2v) is 4.31. The summed E-state index contributed by atoms with van der Waals surface area (Å²) in [6.45, 7) is 0.252. The molecule has 0 atom stereocenters. The fourth-order valence-corrected chi connectivity index (χ4v) is 2.10. The third-order valence-corrected chi connectivity index (χ3v) is 3.04. The minimum absolute atomic E-state index is 0.247. The third kappa shape index (κ3) is 2.17. The Labute approximate surface area is 110 Å². The van der Waals surface area contributed by atoms with Crippen LogP contribution in [0.1, 0.15) is 5.69 Å². The highest BCUT2D eigenvalue weighted by Crippen LogP contribution is 2.21. The van der Waals surface area contributed by atoms with Crippen molar-refractivity contribution in [3.63, 3.8) is 0 Å². The molecular weight excluding hydrogens is 243 g/mol. The molecule has 3 nitrogen and oxygen atoms in total. The quantitative estimate of drug-likeness (QED) is 0.719. The normalized spacial score (nSPS) is 10.8. The lowest BCUT2D eigenvalue weighted by Gasteiger charge is -2.05. The van der Waals surface area contributed by atoms with Crippen molar-refractivity contribution in [1.29, 1.82) is 0 Å². The monoisotopic (exact) mass is 256 g/mol. The Kier molecular flexibility index (Phi) is 2.91. The fraction of sp³-hybridized carbons (Fsp3) is 0.133. The number of hydrogen-bond acceptors (Lipinski definition) is 2. The Morgan fingerprint density at radius 1 is 1.11 bits per heavy atom. The van der Waals surface area contributed by atoms with Crippen molar-refractivity contribution in [3.8, 4) is 5.75 Å². The summed E-state index contributed by atoms with van der Waals surface area (Å²) in [4.78, 5) is 0. The van der Waals surface area contributed by atoms with Gasteiger partial charge in [-0.1, -0.05) is 30.3 Å². The minimum atomic E-state index is -0.359. The smallest absolute Gasteiger partial charge is 0.165 e. The molecule has 0 aliphatic heterocycles. The molecule has 0 aliphatic rings. The van der Waals surface area contributed by atoms with Crippen LogP contribution in [-0.4, -0.2) is 9.78 Å². The second kappa shape index (κ2) is 4.72. The molecule has 0 spiro atoms. The first-order valence-corrected chi connectivity index (χ1v) is 6.03. The molecule has 0 radical (unpaired) electrons. The van der Waals surface area contributed by atoms with E-state index in [2.05, 4.69) is 5.10 Å². The van der Waals surface area contributed by atoms with Gasteiger partial charge in [0, 0.05) is 12.4 Å². The van der Waals surface area contributed by atoms with E-state index in [4.69, 9.17) is 4.74 Å². The average Bonchev–Trinajstić information content (AvgIpc) is 2.75. The summed E-state index contributed by atoms with van der Waals surface area (Å²) >= 11 is 0. The van der Waals surface area contributed by atoms with E-state index in [1.54, 1.807) is 22.9 Å². The van der Waals surface area contributed by atoms with Gasteiger partial charge in [-0.25, -0.2) is 4.39 Å². The van der Waals surface area contributed by atoms with Crippen molar-refractivity contribution in [2.45, 2.75) is 6.61 Å². The van der Waals surface area contributed by atoms with E-state index in [1.807, 2.05) is 31.3 Å². The van der Waals surface area contributed by atoms with Crippen LogP contribution < -0.4 is 4.74 Å². The first-order chi connectivity index (χ1) is 9.25. The van der Waals surface area contributed by atoms with Crippen LogP contribution in [0.4, 0.5) is 4.39 Å². The number of para-hydroxylation sites is 2. The molecule has 0 amide bonds. The van der Waals surface area contributed by atoms with Crippen molar-refractivity contribution in [1.82, 2.24) is 9.78 Å². The number of aromatic nitrogens is 2. The van der Waals surface area contributed by atoms with E-state index in [-0.39, 0.29) is 18.2 Å². The van der Waals surface area contributed by atoms with E-state index in [1.165, 1.54) is 6.07 Å². The summed E-state index contributed by atoms with van der Waals surface area (Å²) in [7, 11) is 1.88. The van der Waals surface area contributed by atoms with Crippen molar-refractivity contribution in [3.05, 3.63) is 60.0 Å². The van der Waals surface area contributed by atoms with Gasteiger partial charge in [0.25, 0.3) is 0 Å². The topological polar surface area (TPSA) is 27.1 Å². The van der Waals surface area contributed by atoms with Gasteiger partial charge in [-0.15, -0.1) is 0 Å². The molecule has 2 aromatic carbocycles. The first-order valence-electron chi connectivity index (χ1n) is 6.03. The van der Waals surface area contributed by atoms with Gasteiger partial charge in [0.1, 0.15) is 12.3 Å². The van der Waals surface area contributed by atoms with Crippen molar-refractivity contribution in [2.24, 2.45) is 7.05 Å². The Bertz CT molecular complexity index is 721. The molecule has 0 saturated heterocycles. The number of hydrogen-bond donors (Lipinski definition) is 0. The predicted molar refractivity (Wildman–Crippen MR) is 71.4 cm³/mol. The lowest BCUT2D eigenvalue weighted by molar-refractivity contribution is 0.286. The highest BCUT2D eigenvalue weighted by molar-refractivity contribution is 5.81. The first kappa shape index (κ1) is 11.7. The molecule has 0 unspecified atom stereocenters. The molecule has 4 heteroatoms. The van der Waals surface area contributed by atoms with Crippen LogP contribution in [0.15, 0.2) is 48.5 Å². The Morgan fingerprint density at radius 3 is 2.68 bits per heavy atom. The maximum Gasteiger partial charge on any atom is 0.165 e. The lowest BCUT2D eigenvalue weighted by Crippen LogP contribution is -1.99. The lowest BCUT2D eigenvalue weighted by atomic mass is 10.2. The third-order valence-electron chi connectivity index (χ3n) is 3.04. The van der Waals surface area contributed by atoms with Gasteiger partial charge in [0.2, 0.25) is 0 Å². The van der Waals surface area contributed by atoms with Crippen LogP contribution in [0.2, 0.25) is 0 Å².